The van der Waals surface area contributed by atoms with Gasteiger partial charge in [-0.2, -0.15) is 0 Å². The smallest absolute Gasteiger partial charge is 0.229 e. The number of thiazole rings is 1. The van der Waals surface area contributed by atoms with Gasteiger partial charge in [0.25, 0.3) is 0 Å². The molecular weight excluding hydrogens is 322 g/mol. The summed E-state index contributed by atoms with van der Waals surface area (Å²) in [5.74, 6) is 1.08. The maximum atomic E-state index is 12.0. The van der Waals surface area contributed by atoms with Crippen molar-refractivity contribution in [2.75, 3.05) is 32.6 Å². The van der Waals surface area contributed by atoms with Crippen molar-refractivity contribution in [3.05, 3.63) is 29.6 Å². The van der Waals surface area contributed by atoms with Crippen molar-refractivity contribution in [3.8, 4) is 17.0 Å². The number of benzene rings is 1. The highest BCUT2D eigenvalue weighted by Crippen LogP contribution is 2.33. The molecule has 0 spiro atoms. The number of hydrogen-bond donors (Lipinski definition) is 1. The van der Waals surface area contributed by atoms with Crippen LogP contribution in [-0.4, -0.2) is 43.0 Å². The van der Waals surface area contributed by atoms with E-state index in [1.54, 1.807) is 0 Å². The van der Waals surface area contributed by atoms with Gasteiger partial charge in [-0.25, -0.2) is 4.98 Å². The van der Waals surface area contributed by atoms with E-state index in [1.165, 1.54) is 11.3 Å². The van der Waals surface area contributed by atoms with E-state index < -0.39 is 0 Å². The molecule has 0 radical (unpaired) electrons. The second-order valence-corrected chi connectivity index (χ2v) is 7.16. The molecule has 0 unspecified atom stereocenters. The van der Waals surface area contributed by atoms with Gasteiger partial charge in [-0.15, -0.1) is 11.3 Å². The Morgan fingerprint density at radius 2 is 2.17 bits per heavy atom. The van der Waals surface area contributed by atoms with Gasteiger partial charge in [0, 0.05) is 23.4 Å². The zero-order valence-electron chi connectivity index (χ0n) is 14.1. The number of nitrogens with one attached hydrogen (secondary N) is 1. The van der Waals surface area contributed by atoms with E-state index in [4.69, 9.17) is 4.74 Å². The summed E-state index contributed by atoms with van der Waals surface area (Å²) >= 11 is 1.46. The summed E-state index contributed by atoms with van der Waals surface area (Å²) in [5, 5.41) is 5.55. The summed E-state index contributed by atoms with van der Waals surface area (Å²) in [6.07, 6.45) is 3.14. The molecule has 5 nitrogen and oxygen atoms in total. The van der Waals surface area contributed by atoms with Gasteiger partial charge >= 0.3 is 0 Å². The average molecular weight is 345 g/mol. The van der Waals surface area contributed by atoms with Gasteiger partial charge in [0.2, 0.25) is 5.91 Å². The second kappa shape index (κ2) is 7.77. The first-order valence-corrected chi connectivity index (χ1v) is 9.15. The van der Waals surface area contributed by atoms with E-state index in [9.17, 15) is 4.79 Å². The lowest BCUT2D eigenvalue weighted by Gasteiger charge is -2.23. The van der Waals surface area contributed by atoms with Crippen LogP contribution in [0, 0.1) is 5.92 Å². The SMILES string of the molecule is CN(C)CCOc1ccccc1-c1csc(NC(=O)C2CCC2)n1. The third-order valence-electron chi connectivity index (χ3n) is 4.17. The molecule has 0 atom stereocenters. The summed E-state index contributed by atoms with van der Waals surface area (Å²) in [4.78, 5) is 18.7. The summed E-state index contributed by atoms with van der Waals surface area (Å²) in [5.41, 5.74) is 1.79. The predicted octanol–water partition coefficient (Wildman–Crippen LogP) is 3.49. The molecule has 1 aliphatic rings. The van der Waals surface area contributed by atoms with E-state index in [2.05, 4.69) is 15.2 Å². The number of likely N-dealkylation sites (N-methyl/N-ethyl adjacent to an activating group) is 1. The molecule has 1 saturated carbocycles. The molecule has 1 aromatic carbocycles. The number of ether oxygens (including phenoxy) is 1. The first kappa shape index (κ1) is 16.9. The molecule has 1 aromatic heterocycles. The van der Waals surface area contributed by atoms with Crippen LogP contribution < -0.4 is 10.1 Å². The van der Waals surface area contributed by atoms with Crippen LogP contribution in [0.2, 0.25) is 0 Å². The molecular formula is C18H23N3O2S. The quantitative estimate of drug-likeness (QED) is 0.835. The Balaban J connectivity index is 1.68. The normalized spacial score (nSPS) is 14.5. The van der Waals surface area contributed by atoms with Crippen molar-refractivity contribution in [1.82, 2.24) is 9.88 Å². The molecule has 3 rings (SSSR count). The monoisotopic (exact) mass is 345 g/mol. The van der Waals surface area contributed by atoms with Crippen molar-refractivity contribution in [2.45, 2.75) is 19.3 Å². The molecule has 0 aliphatic heterocycles. The lowest BCUT2D eigenvalue weighted by atomic mass is 9.85. The number of hydrogen-bond acceptors (Lipinski definition) is 5. The first-order valence-electron chi connectivity index (χ1n) is 8.27. The van der Waals surface area contributed by atoms with Gasteiger partial charge in [0.1, 0.15) is 12.4 Å². The zero-order chi connectivity index (χ0) is 16.9. The highest BCUT2D eigenvalue weighted by atomic mass is 32.1. The summed E-state index contributed by atoms with van der Waals surface area (Å²) in [7, 11) is 4.04. The Labute approximate surface area is 146 Å². The minimum atomic E-state index is 0.0951. The minimum Gasteiger partial charge on any atom is -0.492 e. The number of nitrogens with zero attached hydrogens (tertiary/aromatic N) is 2. The van der Waals surface area contributed by atoms with E-state index >= 15 is 0 Å². The third kappa shape index (κ3) is 4.13. The Bertz CT molecular complexity index is 695. The summed E-state index contributed by atoms with van der Waals surface area (Å²) in [6.45, 7) is 1.48. The van der Waals surface area contributed by atoms with Crippen LogP contribution in [0.5, 0.6) is 5.75 Å². The number of amides is 1. The van der Waals surface area contributed by atoms with Crippen LogP contribution in [-0.2, 0) is 4.79 Å². The topological polar surface area (TPSA) is 54.5 Å². The third-order valence-corrected chi connectivity index (χ3v) is 4.93. The van der Waals surface area contributed by atoms with Crippen molar-refractivity contribution in [3.63, 3.8) is 0 Å². The van der Waals surface area contributed by atoms with Crippen molar-refractivity contribution in [2.24, 2.45) is 5.92 Å². The van der Waals surface area contributed by atoms with Gasteiger partial charge in [0.15, 0.2) is 5.13 Å². The molecule has 128 valence electrons. The number of carbonyl (C=O) groups excluding carboxylic acids is 1. The van der Waals surface area contributed by atoms with Crippen LogP contribution in [0.25, 0.3) is 11.3 Å². The van der Waals surface area contributed by atoms with Gasteiger partial charge in [-0.3, -0.25) is 4.79 Å². The number of aromatic nitrogens is 1. The molecule has 0 saturated heterocycles. The van der Waals surface area contributed by atoms with Crippen LogP contribution >= 0.6 is 11.3 Å². The highest BCUT2D eigenvalue weighted by Gasteiger charge is 2.25. The number of rotatable bonds is 7. The van der Waals surface area contributed by atoms with E-state index in [1.807, 2.05) is 43.7 Å². The number of para-hydroxylation sites is 1. The van der Waals surface area contributed by atoms with Crippen LogP contribution in [0.3, 0.4) is 0 Å². The predicted molar refractivity (Wildman–Crippen MR) is 97.6 cm³/mol. The molecule has 2 aromatic rings. The fourth-order valence-corrected chi connectivity index (χ4v) is 3.19. The van der Waals surface area contributed by atoms with Crippen LogP contribution in [0.1, 0.15) is 19.3 Å². The number of carbonyl (C=O) groups is 1. The molecule has 1 fully saturated rings. The Kier molecular flexibility index (Phi) is 5.48. The summed E-state index contributed by atoms with van der Waals surface area (Å²) < 4.78 is 5.89. The maximum Gasteiger partial charge on any atom is 0.229 e. The molecule has 6 heteroatoms. The number of anilines is 1. The van der Waals surface area contributed by atoms with Gasteiger partial charge < -0.3 is 15.0 Å². The largest absolute Gasteiger partial charge is 0.492 e. The lowest BCUT2D eigenvalue weighted by Crippen LogP contribution is -2.27. The Morgan fingerprint density at radius 3 is 2.88 bits per heavy atom. The fourth-order valence-electron chi connectivity index (χ4n) is 2.48. The minimum absolute atomic E-state index is 0.0951. The average Bonchev–Trinajstić information content (AvgIpc) is 2.93. The lowest BCUT2D eigenvalue weighted by molar-refractivity contribution is -0.122. The van der Waals surface area contributed by atoms with Gasteiger partial charge in [-0.1, -0.05) is 18.6 Å². The van der Waals surface area contributed by atoms with Gasteiger partial charge in [-0.05, 0) is 39.1 Å². The second-order valence-electron chi connectivity index (χ2n) is 6.30. The van der Waals surface area contributed by atoms with Gasteiger partial charge in [0.05, 0.1) is 5.69 Å². The molecule has 1 amide bonds. The molecule has 1 N–H and O–H groups in total. The Morgan fingerprint density at radius 1 is 1.38 bits per heavy atom. The zero-order valence-corrected chi connectivity index (χ0v) is 14.9. The first-order chi connectivity index (χ1) is 11.6. The van der Waals surface area contributed by atoms with E-state index in [0.29, 0.717) is 11.7 Å². The highest BCUT2D eigenvalue weighted by molar-refractivity contribution is 7.14. The van der Waals surface area contributed by atoms with Crippen molar-refractivity contribution in [1.29, 1.82) is 0 Å². The van der Waals surface area contributed by atoms with Crippen LogP contribution in [0.4, 0.5) is 5.13 Å². The van der Waals surface area contributed by atoms with Crippen molar-refractivity contribution < 1.29 is 9.53 Å². The molecule has 1 aliphatic carbocycles. The molecule has 1 heterocycles. The summed E-state index contributed by atoms with van der Waals surface area (Å²) in [6, 6.07) is 7.88. The maximum absolute atomic E-state index is 12.0. The fraction of sp³-hybridized carbons (Fsp3) is 0.444. The van der Waals surface area contributed by atoms with E-state index in [-0.39, 0.29) is 11.8 Å². The van der Waals surface area contributed by atoms with E-state index in [0.717, 1.165) is 42.8 Å². The standard InChI is InChI=1S/C18H23N3O2S/c1-21(2)10-11-23-16-9-4-3-8-14(16)15-12-24-18(19-15)20-17(22)13-6-5-7-13/h3-4,8-9,12-13H,5-7,10-11H2,1-2H3,(H,19,20,22). The Hall–Kier alpha value is -1.92. The molecule has 0 bridgehead atoms. The van der Waals surface area contributed by atoms with Crippen molar-refractivity contribution >= 4 is 22.4 Å². The van der Waals surface area contributed by atoms with Crippen LogP contribution in [0.15, 0.2) is 29.6 Å². The molecule has 24 heavy (non-hydrogen) atoms.